The van der Waals surface area contributed by atoms with Crippen molar-refractivity contribution >= 4 is 0 Å². The molecular formula is C11H23NO. The fraction of sp³-hybridized carbons (Fsp3) is 1.00. The first-order valence-electron chi connectivity index (χ1n) is 5.63. The van der Waals surface area contributed by atoms with Gasteiger partial charge in [-0.25, -0.2) is 0 Å². The molecule has 1 fully saturated rings. The molecule has 2 nitrogen and oxygen atoms in total. The van der Waals surface area contributed by atoms with E-state index < -0.39 is 0 Å². The van der Waals surface area contributed by atoms with Crippen LogP contribution in [0.3, 0.4) is 0 Å². The van der Waals surface area contributed by atoms with E-state index in [1.165, 1.54) is 25.7 Å². The van der Waals surface area contributed by atoms with E-state index in [9.17, 15) is 0 Å². The van der Waals surface area contributed by atoms with E-state index in [4.69, 9.17) is 4.74 Å². The molecule has 2 heteroatoms. The van der Waals surface area contributed by atoms with E-state index >= 15 is 0 Å². The first-order valence-corrected chi connectivity index (χ1v) is 5.63. The summed E-state index contributed by atoms with van der Waals surface area (Å²) in [6.45, 7) is 4.04. The molecule has 78 valence electrons. The molecule has 1 aliphatic carbocycles. The maximum absolute atomic E-state index is 5.61. The molecule has 0 bridgehead atoms. The van der Waals surface area contributed by atoms with E-state index in [-0.39, 0.29) is 0 Å². The summed E-state index contributed by atoms with van der Waals surface area (Å²) in [6.07, 6.45) is 6.58. The van der Waals surface area contributed by atoms with Gasteiger partial charge in [-0.1, -0.05) is 19.8 Å². The van der Waals surface area contributed by atoms with Gasteiger partial charge in [0.15, 0.2) is 0 Å². The Labute approximate surface area is 82.0 Å². The Morgan fingerprint density at radius 2 is 2.08 bits per heavy atom. The Kier molecular flexibility index (Phi) is 5.40. The average molecular weight is 185 g/mol. The summed E-state index contributed by atoms with van der Waals surface area (Å²) >= 11 is 0. The second-order valence-corrected chi connectivity index (χ2v) is 4.01. The summed E-state index contributed by atoms with van der Waals surface area (Å²) < 4.78 is 5.61. The summed E-state index contributed by atoms with van der Waals surface area (Å²) in [6, 6.07) is 0.700. The zero-order valence-corrected chi connectivity index (χ0v) is 9.01. The van der Waals surface area contributed by atoms with Gasteiger partial charge in [0.05, 0.1) is 6.61 Å². The quantitative estimate of drug-likeness (QED) is 0.663. The maximum Gasteiger partial charge on any atom is 0.0509 e. The minimum absolute atomic E-state index is 0.700. The Morgan fingerprint density at radius 3 is 2.77 bits per heavy atom. The predicted molar refractivity (Wildman–Crippen MR) is 55.9 cm³/mol. The molecule has 0 radical (unpaired) electrons. The van der Waals surface area contributed by atoms with Crippen LogP contribution in [0.1, 0.15) is 39.0 Å². The van der Waals surface area contributed by atoms with Crippen LogP contribution < -0.4 is 5.32 Å². The van der Waals surface area contributed by atoms with Gasteiger partial charge < -0.3 is 10.1 Å². The van der Waals surface area contributed by atoms with Crippen LogP contribution in [-0.2, 0) is 4.74 Å². The molecule has 2 unspecified atom stereocenters. The van der Waals surface area contributed by atoms with Crippen LogP contribution in [0, 0.1) is 5.92 Å². The molecule has 1 N–H and O–H groups in total. The molecule has 0 aromatic heterocycles. The van der Waals surface area contributed by atoms with Crippen molar-refractivity contribution in [2.45, 2.75) is 45.1 Å². The van der Waals surface area contributed by atoms with Crippen molar-refractivity contribution < 1.29 is 4.74 Å². The number of hydrogen-bond donors (Lipinski definition) is 1. The van der Waals surface area contributed by atoms with E-state index in [1.54, 1.807) is 0 Å². The molecule has 0 saturated heterocycles. The van der Waals surface area contributed by atoms with Gasteiger partial charge in [0.25, 0.3) is 0 Å². The van der Waals surface area contributed by atoms with Gasteiger partial charge >= 0.3 is 0 Å². The minimum Gasteiger partial charge on any atom is -0.381 e. The highest BCUT2D eigenvalue weighted by atomic mass is 16.5. The van der Waals surface area contributed by atoms with Crippen molar-refractivity contribution in [3.63, 3.8) is 0 Å². The van der Waals surface area contributed by atoms with Crippen molar-refractivity contribution in [2.24, 2.45) is 5.92 Å². The summed E-state index contributed by atoms with van der Waals surface area (Å²) in [5.41, 5.74) is 0. The van der Waals surface area contributed by atoms with E-state index in [0.29, 0.717) is 6.04 Å². The standard InChI is InChI=1S/C11H23NO/c1-3-8-13-9-10-6-4-5-7-11(10)12-2/h10-12H,3-9H2,1-2H3. The van der Waals surface area contributed by atoms with Crippen molar-refractivity contribution in [3.05, 3.63) is 0 Å². The number of nitrogens with one attached hydrogen (secondary N) is 1. The molecule has 0 heterocycles. The first-order chi connectivity index (χ1) is 6.38. The molecule has 1 aliphatic rings. The van der Waals surface area contributed by atoms with Crippen LogP contribution in [-0.4, -0.2) is 26.3 Å². The van der Waals surface area contributed by atoms with Crippen LogP contribution >= 0.6 is 0 Å². The lowest BCUT2D eigenvalue weighted by molar-refractivity contribution is 0.0717. The lowest BCUT2D eigenvalue weighted by Gasteiger charge is -2.31. The Balaban J connectivity index is 2.19. The number of hydrogen-bond acceptors (Lipinski definition) is 2. The summed E-state index contributed by atoms with van der Waals surface area (Å²) in [7, 11) is 2.07. The minimum atomic E-state index is 0.700. The highest BCUT2D eigenvalue weighted by Crippen LogP contribution is 2.24. The van der Waals surface area contributed by atoms with Crippen LogP contribution in [0.15, 0.2) is 0 Å². The van der Waals surface area contributed by atoms with Gasteiger partial charge in [0, 0.05) is 12.6 Å². The molecule has 1 rings (SSSR count). The fourth-order valence-corrected chi connectivity index (χ4v) is 2.17. The van der Waals surface area contributed by atoms with E-state index in [1.807, 2.05) is 0 Å². The van der Waals surface area contributed by atoms with Crippen molar-refractivity contribution in [1.29, 1.82) is 0 Å². The summed E-state index contributed by atoms with van der Waals surface area (Å²) in [4.78, 5) is 0. The lowest BCUT2D eigenvalue weighted by atomic mass is 9.85. The topological polar surface area (TPSA) is 21.3 Å². The highest BCUT2D eigenvalue weighted by Gasteiger charge is 2.23. The second-order valence-electron chi connectivity index (χ2n) is 4.01. The van der Waals surface area contributed by atoms with Crippen molar-refractivity contribution in [3.8, 4) is 0 Å². The van der Waals surface area contributed by atoms with E-state index in [0.717, 1.165) is 25.6 Å². The SMILES string of the molecule is CCCOCC1CCCCC1NC. The van der Waals surface area contributed by atoms with Crippen LogP contribution in [0.4, 0.5) is 0 Å². The zero-order valence-electron chi connectivity index (χ0n) is 9.01. The molecule has 1 saturated carbocycles. The lowest BCUT2D eigenvalue weighted by Crippen LogP contribution is -2.38. The number of ether oxygens (including phenoxy) is 1. The van der Waals surface area contributed by atoms with E-state index in [2.05, 4.69) is 19.3 Å². The first kappa shape index (κ1) is 11.0. The molecule has 0 amide bonds. The normalized spacial score (nSPS) is 29.1. The third kappa shape index (κ3) is 3.65. The molecule has 0 aromatic rings. The zero-order chi connectivity index (χ0) is 9.52. The third-order valence-corrected chi connectivity index (χ3v) is 2.96. The van der Waals surface area contributed by atoms with Gasteiger partial charge in [0.1, 0.15) is 0 Å². The predicted octanol–water partition coefficient (Wildman–Crippen LogP) is 2.19. The van der Waals surface area contributed by atoms with Crippen molar-refractivity contribution in [1.82, 2.24) is 5.32 Å². The Hall–Kier alpha value is -0.0800. The third-order valence-electron chi connectivity index (χ3n) is 2.96. The fourth-order valence-electron chi connectivity index (χ4n) is 2.17. The highest BCUT2D eigenvalue weighted by molar-refractivity contribution is 4.79. The molecule has 0 aliphatic heterocycles. The van der Waals surface area contributed by atoms with Crippen LogP contribution in [0.2, 0.25) is 0 Å². The van der Waals surface area contributed by atoms with Gasteiger partial charge in [-0.2, -0.15) is 0 Å². The largest absolute Gasteiger partial charge is 0.381 e. The molecule has 13 heavy (non-hydrogen) atoms. The average Bonchev–Trinajstić information content (AvgIpc) is 2.19. The Morgan fingerprint density at radius 1 is 1.31 bits per heavy atom. The second kappa shape index (κ2) is 6.39. The van der Waals surface area contributed by atoms with Gasteiger partial charge in [-0.05, 0) is 32.2 Å². The van der Waals surface area contributed by atoms with Crippen LogP contribution in [0.25, 0.3) is 0 Å². The molecule has 0 spiro atoms. The van der Waals surface area contributed by atoms with Gasteiger partial charge in [-0.15, -0.1) is 0 Å². The van der Waals surface area contributed by atoms with Gasteiger partial charge in [0.2, 0.25) is 0 Å². The van der Waals surface area contributed by atoms with Crippen molar-refractivity contribution in [2.75, 3.05) is 20.3 Å². The molecule has 2 atom stereocenters. The smallest absolute Gasteiger partial charge is 0.0509 e. The summed E-state index contributed by atoms with van der Waals surface area (Å²) in [5.74, 6) is 0.755. The molecule has 0 aromatic carbocycles. The monoisotopic (exact) mass is 185 g/mol. The van der Waals surface area contributed by atoms with Crippen LogP contribution in [0.5, 0.6) is 0 Å². The van der Waals surface area contributed by atoms with Gasteiger partial charge in [-0.3, -0.25) is 0 Å². The maximum atomic E-state index is 5.61. The summed E-state index contributed by atoms with van der Waals surface area (Å²) in [5, 5.41) is 3.40. The Bertz CT molecular complexity index is 127. The number of rotatable bonds is 5. The molecular weight excluding hydrogens is 162 g/mol.